The number of nitrogens with one attached hydrogen (secondary N) is 1. The standard InChI is InChI=1S/C22H32N2O5S.ClH/c1-16-13-19(23-30(6,25)26)14-17(2)22(16)29-12-11-24(3)10-9-18-7-8-20(27-4)21(15-18)28-5;/h7-8,13-15,23H,9-12H2,1-6H3;1H. The maximum absolute atomic E-state index is 11.4. The molecule has 0 heterocycles. The van der Waals surface area contributed by atoms with Gasteiger partial charge in [0.05, 0.1) is 20.5 Å². The van der Waals surface area contributed by atoms with E-state index in [1.807, 2.05) is 32.0 Å². The number of nitrogens with zero attached hydrogens (tertiary/aromatic N) is 1. The molecule has 0 spiro atoms. The molecule has 2 aromatic rings. The lowest BCUT2D eigenvalue weighted by atomic mass is 10.1. The number of halogens is 1. The van der Waals surface area contributed by atoms with Crippen molar-refractivity contribution in [3.05, 3.63) is 47.0 Å². The van der Waals surface area contributed by atoms with Crippen LogP contribution >= 0.6 is 12.4 Å². The zero-order valence-corrected chi connectivity index (χ0v) is 20.7. The zero-order valence-electron chi connectivity index (χ0n) is 19.0. The molecule has 9 heteroatoms. The van der Waals surface area contributed by atoms with Crippen LogP contribution in [0.25, 0.3) is 0 Å². The Morgan fingerprint density at radius 3 is 2.13 bits per heavy atom. The Kier molecular flexibility index (Phi) is 10.4. The van der Waals surface area contributed by atoms with Gasteiger partial charge in [0.2, 0.25) is 10.0 Å². The summed E-state index contributed by atoms with van der Waals surface area (Å²) in [6.07, 6.45) is 2.03. The molecule has 0 aliphatic heterocycles. The molecule has 0 unspecified atom stereocenters. The van der Waals surface area contributed by atoms with E-state index in [0.29, 0.717) is 12.3 Å². The second-order valence-electron chi connectivity index (χ2n) is 7.40. The first-order valence-electron chi connectivity index (χ1n) is 9.74. The summed E-state index contributed by atoms with van der Waals surface area (Å²) in [5, 5.41) is 0. The van der Waals surface area contributed by atoms with Gasteiger partial charge < -0.3 is 19.1 Å². The number of anilines is 1. The van der Waals surface area contributed by atoms with Crippen LogP contribution in [0.2, 0.25) is 0 Å². The van der Waals surface area contributed by atoms with E-state index in [0.717, 1.165) is 54.1 Å². The SMILES string of the molecule is COc1ccc(CCN(C)CCOc2c(C)cc(NS(C)(=O)=O)cc2C)cc1OC.Cl. The molecule has 1 N–H and O–H groups in total. The number of hydrogen-bond acceptors (Lipinski definition) is 6. The van der Waals surface area contributed by atoms with Crippen LogP contribution < -0.4 is 18.9 Å². The molecule has 174 valence electrons. The highest BCUT2D eigenvalue weighted by atomic mass is 35.5. The molecule has 31 heavy (non-hydrogen) atoms. The Labute approximate surface area is 192 Å². The van der Waals surface area contributed by atoms with E-state index in [4.69, 9.17) is 14.2 Å². The molecule has 0 bridgehead atoms. The number of hydrogen-bond donors (Lipinski definition) is 1. The molecule has 2 aromatic carbocycles. The first kappa shape index (κ1) is 26.9. The maximum atomic E-state index is 11.4. The number of aryl methyl sites for hydroxylation is 2. The minimum atomic E-state index is -3.30. The van der Waals surface area contributed by atoms with E-state index in [9.17, 15) is 8.42 Å². The van der Waals surface area contributed by atoms with Gasteiger partial charge in [-0.3, -0.25) is 4.72 Å². The van der Waals surface area contributed by atoms with E-state index in [1.165, 1.54) is 5.56 Å². The fourth-order valence-electron chi connectivity index (χ4n) is 3.22. The molecule has 0 saturated carbocycles. The molecular formula is C22H33ClN2O5S. The van der Waals surface area contributed by atoms with Crippen molar-refractivity contribution >= 4 is 28.1 Å². The minimum absolute atomic E-state index is 0. The number of rotatable bonds is 11. The second-order valence-corrected chi connectivity index (χ2v) is 9.15. The summed E-state index contributed by atoms with van der Waals surface area (Å²) >= 11 is 0. The summed E-state index contributed by atoms with van der Waals surface area (Å²) in [4.78, 5) is 2.21. The predicted molar refractivity (Wildman–Crippen MR) is 128 cm³/mol. The highest BCUT2D eigenvalue weighted by Crippen LogP contribution is 2.28. The summed E-state index contributed by atoms with van der Waals surface area (Å²) in [5.74, 6) is 2.26. The van der Waals surface area contributed by atoms with Crippen molar-refractivity contribution in [2.24, 2.45) is 0 Å². The van der Waals surface area contributed by atoms with Gasteiger partial charge in [0.25, 0.3) is 0 Å². The number of ether oxygens (including phenoxy) is 3. The van der Waals surface area contributed by atoms with Crippen LogP contribution in [-0.2, 0) is 16.4 Å². The Morgan fingerprint density at radius 1 is 0.968 bits per heavy atom. The molecule has 0 saturated heterocycles. The van der Waals surface area contributed by atoms with Gasteiger partial charge in [0.15, 0.2) is 11.5 Å². The lowest BCUT2D eigenvalue weighted by Gasteiger charge is -2.19. The number of likely N-dealkylation sites (N-methyl/N-ethyl adjacent to an activating group) is 1. The molecule has 0 aromatic heterocycles. The van der Waals surface area contributed by atoms with Crippen LogP contribution in [0.5, 0.6) is 17.2 Å². The van der Waals surface area contributed by atoms with Crippen molar-refractivity contribution < 1.29 is 22.6 Å². The smallest absolute Gasteiger partial charge is 0.229 e. The number of benzene rings is 2. The summed E-state index contributed by atoms with van der Waals surface area (Å²) in [6, 6.07) is 9.53. The van der Waals surface area contributed by atoms with Crippen LogP contribution in [0.3, 0.4) is 0 Å². The highest BCUT2D eigenvalue weighted by Gasteiger charge is 2.10. The van der Waals surface area contributed by atoms with Crippen LogP contribution in [0.1, 0.15) is 16.7 Å². The fourth-order valence-corrected chi connectivity index (χ4v) is 3.77. The van der Waals surface area contributed by atoms with Crippen molar-refractivity contribution in [3.8, 4) is 17.2 Å². The Hall–Kier alpha value is -2.16. The molecular weight excluding hydrogens is 440 g/mol. The van der Waals surface area contributed by atoms with Gasteiger partial charge in [0, 0.05) is 18.8 Å². The summed E-state index contributed by atoms with van der Waals surface area (Å²) in [6.45, 7) is 6.03. The average molecular weight is 473 g/mol. The Balaban J connectivity index is 0.00000480. The van der Waals surface area contributed by atoms with E-state index in [1.54, 1.807) is 26.4 Å². The van der Waals surface area contributed by atoms with Crippen molar-refractivity contribution in [2.45, 2.75) is 20.3 Å². The molecule has 0 atom stereocenters. The second kappa shape index (κ2) is 12.0. The molecule has 0 aliphatic rings. The minimum Gasteiger partial charge on any atom is -0.493 e. The third kappa shape index (κ3) is 8.47. The van der Waals surface area contributed by atoms with Gasteiger partial charge in [-0.15, -0.1) is 12.4 Å². The molecule has 0 radical (unpaired) electrons. The van der Waals surface area contributed by atoms with E-state index >= 15 is 0 Å². The Morgan fingerprint density at radius 2 is 1.58 bits per heavy atom. The van der Waals surface area contributed by atoms with E-state index < -0.39 is 10.0 Å². The van der Waals surface area contributed by atoms with Crippen molar-refractivity contribution in [3.63, 3.8) is 0 Å². The zero-order chi connectivity index (χ0) is 22.3. The van der Waals surface area contributed by atoms with Gasteiger partial charge in [-0.2, -0.15) is 0 Å². The molecule has 7 nitrogen and oxygen atoms in total. The third-order valence-corrected chi connectivity index (χ3v) is 5.32. The summed E-state index contributed by atoms with van der Waals surface area (Å²) in [7, 11) is 2.02. The predicted octanol–water partition coefficient (Wildman–Crippen LogP) is 3.67. The lowest BCUT2D eigenvalue weighted by Crippen LogP contribution is -2.26. The normalized spacial score (nSPS) is 11.1. The molecule has 0 fully saturated rings. The third-order valence-electron chi connectivity index (χ3n) is 4.71. The van der Waals surface area contributed by atoms with Gasteiger partial charge in [-0.05, 0) is 68.3 Å². The largest absolute Gasteiger partial charge is 0.493 e. The first-order valence-corrected chi connectivity index (χ1v) is 11.6. The van der Waals surface area contributed by atoms with Gasteiger partial charge >= 0.3 is 0 Å². The molecule has 0 amide bonds. The van der Waals surface area contributed by atoms with Gasteiger partial charge in [0.1, 0.15) is 12.4 Å². The van der Waals surface area contributed by atoms with Crippen molar-refractivity contribution in [1.29, 1.82) is 0 Å². The van der Waals surface area contributed by atoms with Crippen LogP contribution in [0, 0.1) is 13.8 Å². The number of sulfonamides is 1. The van der Waals surface area contributed by atoms with E-state index in [2.05, 4.69) is 16.7 Å². The maximum Gasteiger partial charge on any atom is 0.229 e. The van der Waals surface area contributed by atoms with Crippen LogP contribution in [0.4, 0.5) is 5.69 Å². The molecule has 2 rings (SSSR count). The van der Waals surface area contributed by atoms with Crippen molar-refractivity contribution in [2.75, 3.05) is 51.9 Å². The average Bonchev–Trinajstić information content (AvgIpc) is 2.66. The van der Waals surface area contributed by atoms with Crippen molar-refractivity contribution in [1.82, 2.24) is 4.90 Å². The van der Waals surface area contributed by atoms with Gasteiger partial charge in [-0.25, -0.2) is 8.42 Å². The highest BCUT2D eigenvalue weighted by molar-refractivity contribution is 7.92. The van der Waals surface area contributed by atoms with Gasteiger partial charge in [-0.1, -0.05) is 6.07 Å². The quantitative estimate of drug-likeness (QED) is 0.537. The first-order chi connectivity index (χ1) is 14.1. The monoisotopic (exact) mass is 472 g/mol. The van der Waals surface area contributed by atoms with E-state index in [-0.39, 0.29) is 12.4 Å². The number of methoxy groups -OCH3 is 2. The topological polar surface area (TPSA) is 77.1 Å². The summed E-state index contributed by atoms with van der Waals surface area (Å²) < 4.78 is 42.0. The molecule has 0 aliphatic carbocycles. The Bertz CT molecular complexity index is 943. The van der Waals surface area contributed by atoms with Crippen LogP contribution in [-0.4, -0.2) is 60.5 Å². The lowest BCUT2D eigenvalue weighted by molar-refractivity contribution is 0.237. The van der Waals surface area contributed by atoms with Crippen LogP contribution in [0.15, 0.2) is 30.3 Å². The fraction of sp³-hybridized carbons (Fsp3) is 0.455. The summed E-state index contributed by atoms with van der Waals surface area (Å²) in [5.41, 5.74) is 3.52.